The molecular formula is C36H35F3N5O6P. The lowest BCUT2D eigenvalue weighted by atomic mass is 9.77. The molecule has 5 aromatic rings. The molecule has 1 unspecified atom stereocenters. The molecule has 1 saturated heterocycles. The lowest BCUT2D eigenvalue weighted by Crippen LogP contribution is -2.52. The summed E-state index contributed by atoms with van der Waals surface area (Å²) in [7, 11) is -4.30. The number of hydrogen-bond donors (Lipinski definition) is 0. The standard InChI is InChI=1S/C36H35F3N5O6P/c1-3-48-51(46,49-4-2)30(33(45)50-34(24-47-25-34)31-21-20-29(23-40-31)36(37,38)39)22-32-41-42-43-44(32)35(26-14-8-5-9-15-26,27-16-10-6-11-17-27)28-18-12-7-13-19-28/h5-21,23,30H,3-4,22,24-25H2,1-2H3. The van der Waals surface area contributed by atoms with E-state index in [4.69, 9.17) is 18.5 Å². The smallest absolute Gasteiger partial charge is 0.417 e. The van der Waals surface area contributed by atoms with Crippen LogP contribution in [0.15, 0.2) is 109 Å². The van der Waals surface area contributed by atoms with Gasteiger partial charge in [0.25, 0.3) is 0 Å². The molecule has 3 heterocycles. The van der Waals surface area contributed by atoms with Gasteiger partial charge in [0.1, 0.15) is 5.54 Å². The molecule has 0 aliphatic carbocycles. The largest absolute Gasteiger partial charge is 0.447 e. The van der Waals surface area contributed by atoms with Gasteiger partial charge in [0.2, 0.25) is 0 Å². The maximum atomic E-state index is 14.5. The number of esters is 1. The van der Waals surface area contributed by atoms with Gasteiger partial charge in [-0.1, -0.05) is 91.0 Å². The summed E-state index contributed by atoms with van der Waals surface area (Å²) in [6.45, 7) is 2.71. The summed E-state index contributed by atoms with van der Waals surface area (Å²) in [6, 6.07) is 30.7. The normalized spacial score (nSPS) is 15.2. The summed E-state index contributed by atoms with van der Waals surface area (Å²) in [5.41, 5.74) is -2.85. The highest BCUT2D eigenvalue weighted by molar-refractivity contribution is 7.55. The number of benzene rings is 3. The van der Waals surface area contributed by atoms with Crippen molar-refractivity contribution in [1.82, 2.24) is 25.2 Å². The maximum absolute atomic E-state index is 14.5. The minimum atomic E-state index is -4.61. The van der Waals surface area contributed by atoms with Gasteiger partial charge >= 0.3 is 19.7 Å². The van der Waals surface area contributed by atoms with Gasteiger partial charge in [-0.15, -0.1) is 5.10 Å². The van der Waals surface area contributed by atoms with Gasteiger partial charge in [0.15, 0.2) is 17.1 Å². The number of aromatic nitrogens is 5. The second kappa shape index (κ2) is 14.8. The third-order valence-corrected chi connectivity index (χ3v) is 11.0. The van der Waals surface area contributed by atoms with Crippen LogP contribution in [0.3, 0.4) is 0 Å². The molecule has 0 amide bonds. The van der Waals surface area contributed by atoms with Crippen LogP contribution >= 0.6 is 7.60 Å². The minimum absolute atomic E-state index is 0.0394. The van der Waals surface area contributed by atoms with Crippen molar-refractivity contribution in [1.29, 1.82) is 0 Å². The van der Waals surface area contributed by atoms with Crippen LogP contribution in [0, 0.1) is 0 Å². The number of halogens is 3. The van der Waals surface area contributed by atoms with Crippen molar-refractivity contribution < 1.29 is 41.1 Å². The van der Waals surface area contributed by atoms with E-state index in [0.29, 0.717) is 6.20 Å². The van der Waals surface area contributed by atoms with Crippen LogP contribution in [0.4, 0.5) is 13.2 Å². The van der Waals surface area contributed by atoms with E-state index in [9.17, 15) is 22.5 Å². The van der Waals surface area contributed by atoms with Gasteiger partial charge in [0, 0.05) is 12.6 Å². The summed E-state index contributed by atoms with van der Waals surface area (Å²) in [6.07, 6.45) is -4.32. The van der Waals surface area contributed by atoms with Crippen LogP contribution in [0.2, 0.25) is 0 Å². The average molecular weight is 722 g/mol. The van der Waals surface area contributed by atoms with Crippen molar-refractivity contribution in [2.24, 2.45) is 0 Å². The van der Waals surface area contributed by atoms with Crippen molar-refractivity contribution in [3.63, 3.8) is 0 Å². The van der Waals surface area contributed by atoms with Crippen LogP contribution in [-0.2, 0) is 51.6 Å². The van der Waals surface area contributed by atoms with Crippen molar-refractivity contribution >= 4 is 13.6 Å². The molecule has 3 aromatic carbocycles. The molecule has 266 valence electrons. The van der Waals surface area contributed by atoms with E-state index in [0.717, 1.165) is 28.8 Å². The Bertz CT molecular complexity index is 1850. The third-order valence-electron chi connectivity index (χ3n) is 8.60. The first kappa shape index (κ1) is 36.1. The quantitative estimate of drug-likeness (QED) is 0.0706. The first-order chi connectivity index (χ1) is 24.6. The monoisotopic (exact) mass is 721 g/mol. The molecule has 51 heavy (non-hydrogen) atoms. The van der Waals surface area contributed by atoms with Gasteiger partial charge in [-0.3, -0.25) is 14.3 Å². The fourth-order valence-corrected chi connectivity index (χ4v) is 8.06. The van der Waals surface area contributed by atoms with Crippen LogP contribution in [0.25, 0.3) is 0 Å². The van der Waals surface area contributed by atoms with E-state index in [1.54, 1.807) is 18.5 Å². The predicted octanol–water partition coefficient (Wildman–Crippen LogP) is 6.57. The third kappa shape index (κ3) is 6.96. The number of carbonyl (C=O) groups is 1. The summed E-state index contributed by atoms with van der Waals surface area (Å²) in [5.74, 6) is -0.857. The molecule has 0 radical (unpaired) electrons. The fourth-order valence-electron chi connectivity index (χ4n) is 6.21. The highest BCUT2D eigenvalue weighted by atomic mass is 31.2. The van der Waals surface area contributed by atoms with E-state index in [-0.39, 0.29) is 44.4 Å². The fraction of sp³-hybridized carbons (Fsp3) is 0.306. The Balaban J connectivity index is 1.47. The zero-order valence-corrected chi connectivity index (χ0v) is 28.7. The average Bonchev–Trinajstić information content (AvgIpc) is 3.59. The predicted molar refractivity (Wildman–Crippen MR) is 179 cm³/mol. The summed E-state index contributed by atoms with van der Waals surface area (Å²) >= 11 is 0. The van der Waals surface area contributed by atoms with Gasteiger partial charge in [-0.2, -0.15) is 13.2 Å². The molecule has 11 nitrogen and oxygen atoms in total. The van der Waals surface area contributed by atoms with Crippen molar-refractivity contribution in [3.8, 4) is 0 Å². The number of alkyl halides is 3. The number of hydrogen-bond acceptors (Lipinski definition) is 10. The zero-order valence-electron chi connectivity index (χ0n) is 27.8. The van der Waals surface area contributed by atoms with E-state index < -0.39 is 42.1 Å². The molecule has 0 bridgehead atoms. The highest BCUT2D eigenvalue weighted by Crippen LogP contribution is 2.55. The molecule has 1 atom stereocenters. The number of rotatable bonds is 14. The van der Waals surface area contributed by atoms with Gasteiger partial charge in [0.05, 0.1) is 37.7 Å². The number of carbonyl (C=O) groups excluding carboxylic acids is 1. The van der Waals surface area contributed by atoms with E-state index in [2.05, 4.69) is 20.5 Å². The molecule has 2 aromatic heterocycles. The summed E-state index contributed by atoms with van der Waals surface area (Å²) in [4.78, 5) is 18.3. The Kier molecular flexibility index (Phi) is 10.5. The van der Waals surface area contributed by atoms with Crippen LogP contribution in [0.5, 0.6) is 0 Å². The topological polar surface area (TPSA) is 128 Å². The summed E-state index contributed by atoms with van der Waals surface area (Å²) < 4.78 is 78.8. The van der Waals surface area contributed by atoms with Crippen molar-refractivity contribution in [2.75, 3.05) is 26.4 Å². The molecule has 15 heteroatoms. The molecule has 0 spiro atoms. The second-order valence-electron chi connectivity index (χ2n) is 11.7. The first-order valence-corrected chi connectivity index (χ1v) is 17.9. The molecule has 0 N–H and O–H groups in total. The Hall–Kier alpha value is -4.75. The van der Waals surface area contributed by atoms with Crippen molar-refractivity contribution in [3.05, 3.63) is 143 Å². The van der Waals surface area contributed by atoms with Gasteiger partial charge < -0.3 is 18.5 Å². The van der Waals surface area contributed by atoms with E-state index >= 15 is 0 Å². The van der Waals surface area contributed by atoms with E-state index in [1.165, 1.54) is 0 Å². The van der Waals surface area contributed by atoms with E-state index in [1.807, 2.05) is 91.0 Å². The number of pyridine rings is 1. The van der Waals surface area contributed by atoms with Crippen molar-refractivity contribution in [2.45, 2.75) is 43.2 Å². The molecule has 6 rings (SSSR count). The van der Waals surface area contributed by atoms with Gasteiger partial charge in [-0.25, -0.2) is 4.68 Å². The Morgan fingerprint density at radius 3 is 1.78 bits per heavy atom. The number of nitrogens with zero attached hydrogens (tertiary/aromatic N) is 5. The van der Waals surface area contributed by atoms with Crippen LogP contribution < -0.4 is 0 Å². The van der Waals surface area contributed by atoms with Crippen LogP contribution in [-0.4, -0.2) is 63.2 Å². The lowest BCUT2D eigenvalue weighted by molar-refractivity contribution is -0.219. The Labute approximate surface area is 292 Å². The SMILES string of the molecule is CCOP(=O)(OCC)C(Cc1nnnn1C(c1ccccc1)(c1ccccc1)c1ccccc1)C(=O)OC1(c2ccc(C(F)(F)F)cn2)COC1. The molecule has 1 fully saturated rings. The number of ether oxygens (including phenoxy) is 2. The zero-order chi connectivity index (χ0) is 36.1. The molecule has 1 aliphatic rings. The molecule has 0 saturated carbocycles. The minimum Gasteiger partial charge on any atom is -0.447 e. The second-order valence-corrected chi connectivity index (χ2v) is 14.0. The van der Waals surface area contributed by atoms with Crippen LogP contribution in [0.1, 0.15) is 47.6 Å². The first-order valence-electron chi connectivity index (χ1n) is 16.2. The van der Waals surface area contributed by atoms with Gasteiger partial charge in [-0.05, 0) is 53.1 Å². The maximum Gasteiger partial charge on any atom is 0.417 e. The molecule has 1 aliphatic heterocycles. The Morgan fingerprint density at radius 2 is 1.37 bits per heavy atom. The highest BCUT2D eigenvalue weighted by Gasteiger charge is 2.52. The summed E-state index contributed by atoms with van der Waals surface area (Å²) in [5, 5.41) is 12.9. The molecular weight excluding hydrogens is 686 g/mol. The lowest BCUT2D eigenvalue weighted by Gasteiger charge is -2.41. The Morgan fingerprint density at radius 1 is 0.843 bits per heavy atom. The number of tetrazole rings is 1.